The lowest BCUT2D eigenvalue weighted by Gasteiger charge is -2.21. The highest BCUT2D eigenvalue weighted by Crippen LogP contribution is 2.38. The molecular formula is C26H24N6O3. The summed E-state index contributed by atoms with van der Waals surface area (Å²) in [6.45, 7) is 2.41. The van der Waals surface area contributed by atoms with E-state index in [2.05, 4.69) is 26.9 Å². The fraction of sp³-hybridized carbons (Fsp3) is 0.231. The number of hydrogen-bond donors (Lipinski definition) is 2. The van der Waals surface area contributed by atoms with Crippen molar-refractivity contribution in [2.45, 2.75) is 26.2 Å². The molecule has 1 aliphatic rings. The molecule has 4 heterocycles. The predicted octanol–water partition coefficient (Wildman–Crippen LogP) is 2.73. The summed E-state index contributed by atoms with van der Waals surface area (Å²) in [5, 5.41) is 14.0. The average molecular weight is 469 g/mol. The van der Waals surface area contributed by atoms with Gasteiger partial charge in [-0.3, -0.25) is 19.4 Å². The third-order valence-corrected chi connectivity index (χ3v) is 6.00. The first-order chi connectivity index (χ1) is 16.9. The van der Waals surface area contributed by atoms with Gasteiger partial charge in [-0.2, -0.15) is 5.10 Å². The van der Waals surface area contributed by atoms with E-state index < -0.39 is 0 Å². The van der Waals surface area contributed by atoms with Crippen molar-refractivity contribution < 1.29 is 14.6 Å². The Morgan fingerprint density at radius 1 is 1.31 bits per heavy atom. The highest BCUT2D eigenvalue weighted by Gasteiger charge is 2.27. The summed E-state index contributed by atoms with van der Waals surface area (Å²) in [4.78, 5) is 24.4. The molecule has 35 heavy (non-hydrogen) atoms. The second-order valence-electron chi connectivity index (χ2n) is 8.34. The van der Waals surface area contributed by atoms with Gasteiger partial charge in [-0.05, 0) is 42.8 Å². The molecule has 1 aromatic carbocycles. The molecule has 1 unspecified atom stereocenters. The van der Waals surface area contributed by atoms with Crippen LogP contribution in [0.3, 0.4) is 0 Å². The van der Waals surface area contributed by atoms with Gasteiger partial charge in [-0.25, -0.2) is 4.98 Å². The van der Waals surface area contributed by atoms with Gasteiger partial charge in [0.05, 0.1) is 42.4 Å². The topological polar surface area (TPSA) is 119 Å². The number of nitrogens with two attached hydrogens (primary N) is 1. The van der Waals surface area contributed by atoms with Gasteiger partial charge in [-0.15, -0.1) is 0 Å². The van der Waals surface area contributed by atoms with Gasteiger partial charge < -0.3 is 15.6 Å². The van der Waals surface area contributed by atoms with Gasteiger partial charge in [0.2, 0.25) is 0 Å². The maximum atomic E-state index is 13.8. The lowest BCUT2D eigenvalue weighted by molar-refractivity contribution is 0.0801. The van der Waals surface area contributed by atoms with Crippen LogP contribution in [-0.2, 0) is 24.9 Å². The number of hydrogen-bond acceptors (Lipinski definition) is 7. The molecule has 9 heteroatoms. The molecule has 9 nitrogen and oxygen atoms in total. The van der Waals surface area contributed by atoms with Crippen molar-refractivity contribution >= 4 is 28.3 Å². The van der Waals surface area contributed by atoms with Gasteiger partial charge >= 0.3 is 0 Å². The van der Waals surface area contributed by atoms with Gasteiger partial charge in [0.25, 0.3) is 5.91 Å². The summed E-state index contributed by atoms with van der Waals surface area (Å²) in [5.74, 6) is 5.69. The number of rotatable bonds is 4. The van der Waals surface area contributed by atoms with Crippen molar-refractivity contribution in [3.8, 4) is 11.8 Å². The highest BCUT2D eigenvalue weighted by atomic mass is 16.5. The van der Waals surface area contributed by atoms with Crippen LogP contribution in [0.5, 0.6) is 0 Å². The molecule has 0 aliphatic carbocycles. The zero-order valence-electron chi connectivity index (χ0n) is 19.4. The minimum atomic E-state index is -0.215. The van der Waals surface area contributed by atoms with Crippen LogP contribution in [0.15, 0.2) is 48.9 Å². The molecule has 0 spiro atoms. The number of anilines is 2. The van der Waals surface area contributed by atoms with E-state index in [0.717, 1.165) is 22.0 Å². The maximum absolute atomic E-state index is 13.8. The van der Waals surface area contributed by atoms with E-state index in [1.165, 1.54) is 0 Å². The quantitative estimate of drug-likeness (QED) is 0.442. The number of aromatic nitrogens is 4. The molecule has 176 valence electrons. The number of pyridine rings is 2. The minimum absolute atomic E-state index is 0.135. The van der Waals surface area contributed by atoms with Crippen molar-refractivity contribution in [2.75, 3.05) is 17.2 Å². The van der Waals surface area contributed by atoms with Crippen molar-refractivity contribution in [1.82, 2.24) is 19.7 Å². The molecule has 5 rings (SSSR count). The van der Waals surface area contributed by atoms with Crippen LogP contribution >= 0.6 is 0 Å². The van der Waals surface area contributed by atoms with Crippen molar-refractivity contribution in [3.05, 3.63) is 76.9 Å². The Bertz CT molecular complexity index is 1480. The standard InChI is InChI=1S/C26H24N6O3/c1-16-24-22(15-35-16)21-10-18(6-8-23(21)30-25(24)27)26(34)32(20-12-29-31(2)14-20)13-19-7-5-17(11-28-19)4-3-9-33/h5-8,10-12,14,16,33H,9,13,15H2,1-2H3,(H2,27,30). The van der Waals surface area contributed by atoms with Crippen LogP contribution in [0, 0.1) is 11.8 Å². The summed E-state index contributed by atoms with van der Waals surface area (Å²) in [6, 6.07) is 9.06. The zero-order chi connectivity index (χ0) is 24.5. The monoisotopic (exact) mass is 468 g/mol. The van der Waals surface area contributed by atoms with E-state index in [1.54, 1.807) is 41.3 Å². The van der Waals surface area contributed by atoms with Crippen LogP contribution in [0.1, 0.15) is 45.8 Å². The molecule has 1 amide bonds. The van der Waals surface area contributed by atoms with E-state index in [1.807, 2.05) is 31.2 Å². The summed E-state index contributed by atoms with van der Waals surface area (Å²) >= 11 is 0. The third-order valence-electron chi connectivity index (χ3n) is 6.00. The fourth-order valence-electron chi connectivity index (χ4n) is 4.28. The Hall–Kier alpha value is -4.26. The van der Waals surface area contributed by atoms with Gasteiger partial charge in [-0.1, -0.05) is 11.8 Å². The number of carbonyl (C=O) groups excluding carboxylic acids is 1. The second-order valence-corrected chi connectivity index (χ2v) is 8.34. The molecule has 0 bridgehead atoms. The molecule has 1 aliphatic heterocycles. The summed E-state index contributed by atoms with van der Waals surface area (Å²) in [5.41, 5.74) is 11.3. The molecular weight excluding hydrogens is 444 g/mol. The average Bonchev–Trinajstić information content (AvgIpc) is 3.47. The first kappa shape index (κ1) is 22.5. The van der Waals surface area contributed by atoms with Crippen LogP contribution in [-0.4, -0.2) is 37.4 Å². The number of carbonyl (C=O) groups is 1. The smallest absolute Gasteiger partial charge is 0.258 e. The minimum Gasteiger partial charge on any atom is -0.384 e. The highest BCUT2D eigenvalue weighted by molar-refractivity contribution is 6.08. The zero-order valence-corrected chi connectivity index (χ0v) is 19.4. The van der Waals surface area contributed by atoms with Crippen LogP contribution in [0.2, 0.25) is 0 Å². The first-order valence-electron chi connectivity index (χ1n) is 11.1. The number of aryl methyl sites for hydroxylation is 1. The Kier molecular flexibility index (Phi) is 5.91. The Labute approximate surface area is 202 Å². The summed E-state index contributed by atoms with van der Waals surface area (Å²) < 4.78 is 7.44. The fourth-order valence-corrected chi connectivity index (χ4v) is 4.28. The van der Waals surface area contributed by atoms with E-state index >= 15 is 0 Å². The molecule has 3 aromatic heterocycles. The van der Waals surface area contributed by atoms with E-state index in [-0.39, 0.29) is 25.2 Å². The molecule has 0 radical (unpaired) electrons. The number of aliphatic hydroxyl groups excluding tert-OH is 1. The molecule has 0 saturated carbocycles. The Morgan fingerprint density at radius 3 is 2.89 bits per heavy atom. The molecule has 0 saturated heterocycles. The van der Waals surface area contributed by atoms with Crippen LogP contribution in [0.25, 0.3) is 10.9 Å². The number of ether oxygens (including phenoxy) is 1. The lowest BCUT2D eigenvalue weighted by Crippen LogP contribution is -2.30. The summed E-state index contributed by atoms with van der Waals surface area (Å²) in [6.07, 6.45) is 4.93. The molecule has 1 atom stereocenters. The van der Waals surface area contributed by atoms with Crippen molar-refractivity contribution in [2.24, 2.45) is 7.05 Å². The van der Waals surface area contributed by atoms with Gasteiger partial charge in [0, 0.05) is 41.5 Å². The van der Waals surface area contributed by atoms with E-state index in [0.29, 0.717) is 34.9 Å². The van der Waals surface area contributed by atoms with Gasteiger partial charge in [0.15, 0.2) is 0 Å². The first-order valence-corrected chi connectivity index (χ1v) is 11.1. The Morgan fingerprint density at radius 2 is 2.17 bits per heavy atom. The van der Waals surface area contributed by atoms with E-state index in [4.69, 9.17) is 15.6 Å². The molecule has 3 N–H and O–H groups in total. The largest absolute Gasteiger partial charge is 0.384 e. The summed E-state index contributed by atoms with van der Waals surface area (Å²) in [7, 11) is 1.80. The van der Waals surface area contributed by atoms with Crippen LogP contribution < -0.4 is 10.6 Å². The molecule has 0 fully saturated rings. The number of nitrogen functional groups attached to an aromatic ring is 1. The van der Waals surface area contributed by atoms with Gasteiger partial charge in [0.1, 0.15) is 12.4 Å². The second kappa shape index (κ2) is 9.18. The predicted molar refractivity (Wildman–Crippen MR) is 131 cm³/mol. The van der Waals surface area contributed by atoms with Crippen molar-refractivity contribution in [1.29, 1.82) is 0 Å². The van der Waals surface area contributed by atoms with E-state index in [9.17, 15) is 4.79 Å². The number of nitrogens with zero attached hydrogens (tertiary/aromatic N) is 5. The maximum Gasteiger partial charge on any atom is 0.258 e. The third kappa shape index (κ3) is 4.33. The number of aliphatic hydroxyl groups is 1. The number of benzene rings is 1. The molecule has 4 aromatic rings. The Balaban J connectivity index is 1.52. The van der Waals surface area contributed by atoms with Crippen LogP contribution in [0.4, 0.5) is 11.5 Å². The lowest BCUT2D eigenvalue weighted by atomic mass is 10.00. The SMILES string of the molecule is CC1OCc2c1c(N)nc1ccc(C(=O)N(Cc3ccc(C#CCO)cn3)c3cnn(C)c3)cc21. The number of fused-ring (bicyclic) bond motifs is 3. The van der Waals surface area contributed by atoms with Crippen molar-refractivity contribution in [3.63, 3.8) is 0 Å². The normalized spacial score (nSPS) is 14.4. The number of amides is 1.